The van der Waals surface area contributed by atoms with Crippen LogP contribution in [-0.4, -0.2) is 14.4 Å². The van der Waals surface area contributed by atoms with Crippen molar-refractivity contribution in [3.63, 3.8) is 0 Å². The van der Waals surface area contributed by atoms with Gasteiger partial charge < -0.3 is 0 Å². The summed E-state index contributed by atoms with van der Waals surface area (Å²) in [6, 6.07) is 31.9. The monoisotopic (exact) mass is 369 g/mol. The third-order valence-electron chi connectivity index (χ3n) is 5.89. The van der Waals surface area contributed by atoms with E-state index in [4.69, 9.17) is 9.97 Å². The van der Waals surface area contributed by atoms with Crippen LogP contribution >= 0.6 is 0 Å². The van der Waals surface area contributed by atoms with Crippen LogP contribution in [0.4, 0.5) is 0 Å². The fourth-order valence-electron chi connectivity index (χ4n) is 4.56. The Labute approximate surface area is 165 Å². The molecule has 0 unspecified atom stereocenters. The Morgan fingerprint density at radius 2 is 1.14 bits per heavy atom. The first kappa shape index (κ1) is 15.0. The summed E-state index contributed by atoms with van der Waals surface area (Å²) in [7, 11) is 0. The zero-order valence-corrected chi connectivity index (χ0v) is 15.5. The van der Waals surface area contributed by atoms with Gasteiger partial charge in [-0.05, 0) is 47.2 Å². The lowest BCUT2D eigenvalue weighted by molar-refractivity contribution is 1.25. The molecule has 0 saturated carbocycles. The van der Waals surface area contributed by atoms with Gasteiger partial charge in [0.1, 0.15) is 5.52 Å². The van der Waals surface area contributed by atoms with Gasteiger partial charge in [0, 0.05) is 16.2 Å². The van der Waals surface area contributed by atoms with E-state index in [1.165, 1.54) is 27.1 Å². The van der Waals surface area contributed by atoms with Crippen LogP contribution in [0.15, 0.2) is 91.0 Å². The van der Waals surface area contributed by atoms with Crippen molar-refractivity contribution in [3.8, 4) is 0 Å². The maximum Gasteiger partial charge on any atom is 0.165 e. The molecule has 7 rings (SSSR count). The number of fused-ring (bicyclic) bond motifs is 10. The normalized spacial score (nSPS) is 12.1. The Bertz CT molecular complexity index is 1760. The van der Waals surface area contributed by atoms with Crippen molar-refractivity contribution < 1.29 is 0 Å². The van der Waals surface area contributed by atoms with Crippen LogP contribution in [-0.2, 0) is 0 Å². The van der Waals surface area contributed by atoms with Crippen LogP contribution in [0.1, 0.15) is 0 Å². The number of nitrogens with zero attached hydrogens (tertiary/aromatic N) is 3. The van der Waals surface area contributed by atoms with Crippen LogP contribution in [0.5, 0.6) is 0 Å². The number of para-hydroxylation sites is 3. The number of rotatable bonds is 0. The quantitative estimate of drug-likeness (QED) is 0.226. The van der Waals surface area contributed by atoms with Gasteiger partial charge in [0.15, 0.2) is 5.65 Å². The molecule has 0 fully saturated rings. The van der Waals surface area contributed by atoms with Gasteiger partial charge in [-0.15, -0.1) is 0 Å². The SMILES string of the molecule is c1ccc2cc3c(cc2c1)c1nc2ccccc2nc1n1c2ccccc2cc31. The lowest BCUT2D eigenvalue weighted by Crippen LogP contribution is -1.97. The molecule has 3 heterocycles. The van der Waals surface area contributed by atoms with Crippen LogP contribution in [0.2, 0.25) is 0 Å². The first-order chi connectivity index (χ1) is 14.4. The maximum absolute atomic E-state index is 5.07. The predicted molar refractivity (Wildman–Crippen MR) is 121 cm³/mol. The summed E-state index contributed by atoms with van der Waals surface area (Å²) in [4.78, 5) is 10.1. The van der Waals surface area contributed by atoms with Crippen LogP contribution < -0.4 is 0 Å². The number of aromatic nitrogens is 3. The molecule has 134 valence electrons. The Kier molecular flexibility index (Phi) is 2.74. The van der Waals surface area contributed by atoms with Gasteiger partial charge in [-0.2, -0.15) is 0 Å². The molecule has 29 heavy (non-hydrogen) atoms. The zero-order chi connectivity index (χ0) is 18.9. The summed E-state index contributed by atoms with van der Waals surface area (Å²) in [5.74, 6) is 0. The zero-order valence-electron chi connectivity index (χ0n) is 15.5. The van der Waals surface area contributed by atoms with Crippen LogP contribution in [0.25, 0.3) is 60.2 Å². The minimum Gasteiger partial charge on any atom is -0.292 e. The number of benzene rings is 4. The lowest BCUT2D eigenvalue weighted by atomic mass is 10.0. The highest BCUT2D eigenvalue weighted by molar-refractivity contribution is 6.17. The van der Waals surface area contributed by atoms with E-state index >= 15 is 0 Å². The second-order valence-electron chi connectivity index (χ2n) is 7.55. The summed E-state index contributed by atoms with van der Waals surface area (Å²) >= 11 is 0. The Balaban J connectivity index is 1.86. The molecule has 3 heteroatoms. The van der Waals surface area contributed by atoms with Crippen molar-refractivity contribution in [2.75, 3.05) is 0 Å². The number of hydrogen-bond donors (Lipinski definition) is 0. The van der Waals surface area contributed by atoms with Gasteiger partial charge in [0.05, 0.1) is 22.1 Å². The first-order valence-electron chi connectivity index (χ1n) is 9.78. The minimum atomic E-state index is 0.905. The van der Waals surface area contributed by atoms with Crippen molar-refractivity contribution in [1.29, 1.82) is 0 Å². The Morgan fingerprint density at radius 3 is 1.93 bits per heavy atom. The molecule has 3 nitrogen and oxygen atoms in total. The molecular formula is C26H15N3. The Hall–Kier alpha value is -3.98. The highest BCUT2D eigenvalue weighted by atomic mass is 15.0. The summed E-state index contributed by atoms with van der Waals surface area (Å²) in [6.07, 6.45) is 0. The predicted octanol–water partition coefficient (Wildman–Crippen LogP) is 6.50. The van der Waals surface area contributed by atoms with E-state index in [-0.39, 0.29) is 0 Å². The molecule has 0 radical (unpaired) electrons. The van der Waals surface area contributed by atoms with E-state index in [1.54, 1.807) is 0 Å². The number of pyridine rings is 1. The molecule has 0 aliphatic heterocycles. The van der Waals surface area contributed by atoms with Gasteiger partial charge in [-0.3, -0.25) is 4.40 Å². The maximum atomic E-state index is 5.07. The van der Waals surface area contributed by atoms with Gasteiger partial charge in [-0.25, -0.2) is 9.97 Å². The van der Waals surface area contributed by atoms with E-state index in [0.717, 1.165) is 33.1 Å². The molecule has 0 spiro atoms. The van der Waals surface area contributed by atoms with Crippen molar-refractivity contribution in [2.45, 2.75) is 0 Å². The largest absolute Gasteiger partial charge is 0.292 e. The third-order valence-corrected chi connectivity index (χ3v) is 5.89. The standard InChI is InChI=1S/C26H15N3/c1-2-8-17-14-20-19(13-16(17)7-1)24-15-18-9-3-6-12-23(18)29(24)26-25(20)27-21-10-4-5-11-22(21)28-26/h1-15H. The molecule has 0 N–H and O–H groups in total. The second-order valence-corrected chi connectivity index (χ2v) is 7.55. The van der Waals surface area contributed by atoms with Gasteiger partial charge in [0.2, 0.25) is 0 Å². The van der Waals surface area contributed by atoms with Gasteiger partial charge >= 0.3 is 0 Å². The molecular weight excluding hydrogens is 354 g/mol. The van der Waals surface area contributed by atoms with E-state index < -0.39 is 0 Å². The van der Waals surface area contributed by atoms with Crippen molar-refractivity contribution >= 4 is 60.2 Å². The summed E-state index contributed by atoms with van der Waals surface area (Å²) in [6.45, 7) is 0. The Morgan fingerprint density at radius 1 is 0.517 bits per heavy atom. The van der Waals surface area contributed by atoms with E-state index in [1.807, 2.05) is 24.3 Å². The lowest BCUT2D eigenvalue weighted by Gasteiger charge is -2.11. The average molecular weight is 369 g/mol. The molecule has 7 aromatic rings. The topological polar surface area (TPSA) is 30.2 Å². The van der Waals surface area contributed by atoms with E-state index in [2.05, 4.69) is 71.1 Å². The molecule has 3 aromatic heterocycles. The summed E-state index contributed by atoms with van der Waals surface area (Å²) in [5, 5.41) is 6.02. The molecule has 0 aliphatic carbocycles. The van der Waals surface area contributed by atoms with Gasteiger partial charge in [0.25, 0.3) is 0 Å². The molecule has 0 amide bonds. The molecule has 0 bridgehead atoms. The van der Waals surface area contributed by atoms with Crippen LogP contribution in [0, 0.1) is 0 Å². The van der Waals surface area contributed by atoms with Crippen molar-refractivity contribution in [2.24, 2.45) is 0 Å². The smallest absolute Gasteiger partial charge is 0.165 e. The second kappa shape index (κ2) is 5.30. The van der Waals surface area contributed by atoms with Crippen LogP contribution in [0.3, 0.4) is 0 Å². The summed E-state index contributed by atoms with van der Waals surface area (Å²) in [5.41, 5.74) is 6.02. The van der Waals surface area contributed by atoms with E-state index in [0.29, 0.717) is 0 Å². The van der Waals surface area contributed by atoms with Gasteiger partial charge in [-0.1, -0.05) is 54.6 Å². The molecule has 0 aliphatic rings. The highest BCUT2D eigenvalue weighted by Crippen LogP contribution is 2.35. The highest BCUT2D eigenvalue weighted by Gasteiger charge is 2.15. The van der Waals surface area contributed by atoms with Crippen molar-refractivity contribution in [1.82, 2.24) is 14.4 Å². The summed E-state index contributed by atoms with van der Waals surface area (Å²) < 4.78 is 2.27. The number of hydrogen-bond acceptors (Lipinski definition) is 2. The van der Waals surface area contributed by atoms with Crippen molar-refractivity contribution in [3.05, 3.63) is 91.0 Å². The third kappa shape index (κ3) is 1.96. The van der Waals surface area contributed by atoms with E-state index in [9.17, 15) is 0 Å². The molecule has 0 atom stereocenters. The molecule has 4 aromatic carbocycles. The fourth-order valence-corrected chi connectivity index (χ4v) is 4.56. The first-order valence-corrected chi connectivity index (χ1v) is 9.78. The fraction of sp³-hybridized carbons (Fsp3) is 0. The average Bonchev–Trinajstić information content (AvgIpc) is 3.17. The minimum absolute atomic E-state index is 0.905. The molecule has 0 saturated heterocycles.